The molecule has 3 heteroatoms. The van der Waals surface area contributed by atoms with E-state index in [1.54, 1.807) is 0 Å². The van der Waals surface area contributed by atoms with Gasteiger partial charge in [-0.15, -0.1) is 11.3 Å². The zero-order chi connectivity index (χ0) is 15.9. The van der Waals surface area contributed by atoms with E-state index >= 15 is 0 Å². The molecule has 0 atom stereocenters. The van der Waals surface area contributed by atoms with Crippen LogP contribution in [-0.4, -0.2) is 4.90 Å². The van der Waals surface area contributed by atoms with Crippen LogP contribution in [-0.2, 0) is 26.2 Å². The van der Waals surface area contributed by atoms with E-state index in [0.717, 1.165) is 19.6 Å². The van der Waals surface area contributed by atoms with E-state index in [-0.39, 0.29) is 0 Å². The molecule has 0 radical (unpaired) electrons. The smallest absolute Gasteiger partial charge is 0.0335 e. The molecule has 2 nitrogen and oxygen atoms in total. The minimum Gasteiger partial charge on any atom is -0.326 e. The van der Waals surface area contributed by atoms with E-state index in [1.807, 2.05) is 11.3 Å². The van der Waals surface area contributed by atoms with Crippen molar-refractivity contribution >= 4 is 11.3 Å². The third kappa shape index (κ3) is 4.76. The third-order valence-corrected chi connectivity index (χ3v) is 4.70. The van der Waals surface area contributed by atoms with Crippen LogP contribution in [0, 0.1) is 0 Å². The zero-order valence-corrected chi connectivity index (χ0v) is 14.0. The molecule has 2 aromatic carbocycles. The van der Waals surface area contributed by atoms with Crippen LogP contribution in [0.1, 0.15) is 21.6 Å². The van der Waals surface area contributed by atoms with Crippen molar-refractivity contribution in [2.24, 2.45) is 5.73 Å². The minimum atomic E-state index is 0.595. The Bertz CT molecular complexity index is 708. The first-order valence-corrected chi connectivity index (χ1v) is 8.78. The molecule has 23 heavy (non-hydrogen) atoms. The van der Waals surface area contributed by atoms with Gasteiger partial charge in [-0.2, -0.15) is 0 Å². The molecule has 0 fully saturated rings. The highest BCUT2D eigenvalue weighted by atomic mass is 32.1. The number of rotatable bonds is 7. The number of hydrogen-bond donors (Lipinski definition) is 1. The van der Waals surface area contributed by atoms with Gasteiger partial charge in [-0.25, -0.2) is 0 Å². The van der Waals surface area contributed by atoms with Crippen LogP contribution in [0.4, 0.5) is 0 Å². The lowest BCUT2D eigenvalue weighted by Crippen LogP contribution is -2.22. The first-order chi connectivity index (χ1) is 11.3. The Balaban J connectivity index is 1.76. The standard InChI is InChI=1S/C20H22N2S/c21-13-18-8-4-9-19(12-18)15-22(16-20-10-5-11-23-20)14-17-6-2-1-3-7-17/h1-12H,13-16,21H2. The molecule has 0 saturated carbocycles. The Hall–Kier alpha value is -1.94. The average molecular weight is 322 g/mol. The van der Waals surface area contributed by atoms with Crippen molar-refractivity contribution in [2.75, 3.05) is 0 Å². The monoisotopic (exact) mass is 322 g/mol. The molecule has 118 valence electrons. The lowest BCUT2D eigenvalue weighted by atomic mass is 10.1. The fraction of sp³-hybridized carbons (Fsp3) is 0.200. The summed E-state index contributed by atoms with van der Waals surface area (Å²) < 4.78 is 0. The van der Waals surface area contributed by atoms with Crippen molar-refractivity contribution in [2.45, 2.75) is 26.2 Å². The maximum Gasteiger partial charge on any atom is 0.0335 e. The van der Waals surface area contributed by atoms with E-state index < -0.39 is 0 Å². The Morgan fingerprint density at radius 3 is 2.22 bits per heavy atom. The Morgan fingerprint density at radius 2 is 1.48 bits per heavy atom. The van der Waals surface area contributed by atoms with Crippen LogP contribution in [0.25, 0.3) is 0 Å². The van der Waals surface area contributed by atoms with Gasteiger partial charge in [-0.1, -0.05) is 60.7 Å². The second-order valence-electron chi connectivity index (χ2n) is 5.73. The van der Waals surface area contributed by atoms with E-state index in [2.05, 4.69) is 77.0 Å². The van der Waals surface area contributed by atoms with Crippen molar-refractivity contribution in [1.29, 1.82) is 0 Å². The maximum absolute atomic E-state index is 5.77. The average Bonchev–Trinajstić information content (AvgIpc) is 3.09. The molecule has 3 aromatic rings. The number of hydrogen-bond acceptors (Lipinski definition) is 3. The number of nitrogens with two attached hydrogens (primary N) is 1. The molecule has 0 saturated heterocycles. The molecule has 0 bridgehead atoms. The fourth-order valence-corrected chi connectivity index (χ4v) is 3.49. The molecule has 1 aromatic heterocycles. The van der Waals surface area contributed by atoms with Gasteiger partial charge in [0.25, 0.3) is 0 Å². The summed E-state index contributed by atoms with van der Waals surface area (Å²) >= 11 is 1.82. The Morgan fingerprint density at radius 1 is 0.739 bits per heavy atom. The van der Waals surface area contributed by atoms with Gasteiger partial charge in [-0.05, 0) is 28.1 Å². The van der Waals surface area contributed by atoms with Gasteiger partial charge >= 0.3 is 0 Å². The predicted molar refractivity (Wildman–Crippen MR) is 98.0 cm³/mol. The van der Waals surface area contributed by atoms with Gasteiger partial charge < -0.3 is 5.73 Å². The largest absolute Gasteiger partial charge is 0.326 e. The van der Waals surface area contributed by atoms with Crippen molar-refractivity contribution in [3.63, 3.8) is 0 Å². The van der Waals surface area contributed by atoms with Crippen molar-refractivity contribution in [1.82, 2.24) is 4.90 Å². The lowest BCUT2D eigenvalue weighted by Gasteiger charge is -2.22. The first-order valence-electron chi connectivity index (χ1n) is 7.90. The zero-order valence-electron chi connectivity index (χ0n) is 13.2. The van der Waals surface area contributed by atoms with Crippen LogP contribution in [0.15, 0.2) is 72.1 Å². The Labute approximate surface area is 142 Å². The van der Waals surface area contributed by atoms with Gasteiger partial charge in [-0.3, -0.25) is 4.90 Å². The summed E-state index contributed by atoms with van der Waals surface area (Å²) in [5.74, 6) is 0. The summed E-state index contributed by atoms with van der Waals surface area (Å²) in [6.45, 7) is 3.45. The molecule has 0 aliphatic heterocycles. The number of benzene rings is 2. The summed E-state index contributed by atoms with van der Waals surface area (Å²) in [6.07, 6.45) is 0. The van der Waals surface area contributed by atoms with Gasteiger partial charge in [0.05, 0.1) is 0 Å². The van der Waals surface area contributed by atoms with Crippen molar-refractivity contribution in [3.05, 3.63) is 93.7 Å². The SMILES string of the molecule is NCc1cccc(CN(Cc2ccccc2)Cc2cccs2)c1. The summed E-state index contributed by atoms with van der Waals surface area (Å²) in [7, 11) is 0. The van der Waals surface area contributed by atoms with E-state index in [4.69, 9.17) is 5.73 Å². The lowest BCUT2D eigenvalue weighted by molar-refractivity contribution is 0.250. The quantitative estimate of drug-likeness (QED) is 0.698. The minimum absolute atomic E-state index is 0.595. The normalized spacial score (nSPS) is 11.0. The molecule has 2 N–H and O–H groups in total. The predicted octanol–water partition coefficient (Wildman–Crippen LogP) is 4.41. The summed E-state index contributed by atoms with van der Waals surface area (Å²) in [6, 6.07) is 23.6. The Kier molecular flexibility index (Phi) is 5.59. The van der Waals surface area contributed by atoms with Crippen LogP contribution in [0.2, 0.25) is 0 Å². The van der Waals surface area contributed by atoms with Crippen molar-refractivity contribution < 1.29 is 0 Å². The molecular weight excluding hydrogens is 300 g/mol. The fourth-order valence-electron chi connectivity index (χ4n) is 2.75. The van der Waals surface area contributed by atoms with Gasteiger partial charge in [0, 0.05) is 31.1 Å². The van der Waals surface area contributed by atoms with Gasteiger partial charge in [0.1, 0.15) is 0 Å². The molecule has 1 heterocycles. The summed E-state index contributed by atoms with van der Waals surface area (Å²) in [5, 5.41) is 2.14. The van der Waals surface area contributed by atoms with E-state index in [9.17, 15) is 0 Å². The van der Waals surface area contributed by atoms with Gasteiger partial charge in [0.2, 0.25) is 0 Å². The maximum atomic E-state index is 5.77. The highest BCUT2D eigenvalue weighted by Crippen LogP contribution is 2.17. The highest BCUT2D eigenvalue weighted by molar-refractivity contribution is 7.09. The molecular formula is C20H22N2S. The van der Waals surface area contributed by atoms with Crippen LogP contribution >= 0.6 is 11.3 Å². The van der Waals surface area contributed by atoms with E-state index in [0.29, 0.717) is 6.54 Å². The topological polar surface area (TPSA) is 29.3 Å². The van der Waals surface area contributed by atoms with Crippen molar-refractivity contribution in [3.8, 4) is 0 Å². The molecule has 3 rings (SSSR count). The highest BCUT2D eigenvalue weighted by Gasteiger charge is 2.09. The molecule has 0 aliphatic rings. The number of thiophene rings is 1. The molecule has 0 aliphatic carbocycles. The second kappa shape index (κ2) is 8.06. The summed E-state index contributed by atoms with van der Waals surface area (Å²) in [5.41, 5.74) is 9.63. The van der Waals surface area contributed by atoms with E-state index in [1.165, 1.54) is 21.6 Å². The molecule has 0 unspecified atom stereocenters. The first kappa shape index (κ1) is 15.9. The summed E-state index contributed by atoms with van der Waals surface area (Å²) in [4.78, 5) is 3.88. The molecule has 0 amide bonds. The van der Waals surface area contributed by atoms with Gasteiger partial charge in [0.15, 0.2) is 0 Å². The molecule has 0 spiro atoms. The van der Waals surface area contributed by atoms with Crippen LogP contribution in [0.5, 0.6) is 0 Å². The van der Waals surface area contributed by atoms with Crippen LogP contribution in [0.3, 0.4) is 0 Å². The number of nitrogens with zero attached hydrogens (tertiary/aromatic N) is 1. The second-order valence-corrected chi connectivity index (χ2v) is 6.77. The van der Waals surface area contributed by atoms with Crippen LogP contribution < -0.4 is 5.73 Å². The third-order valence-electron chi connectivity index (χ3n) is 3.84.